The molecule has 5 nitrogen and oxygen atoms in total. The summed E-state index contributed by atoms with van der Waals surface area (Å²) in [5.74, 6) is -1.12. The Morgan fingerprint density at radius 3 is 2.31 bits per heavy atom. The van der Waals surface area contributed by atoms with Crippen LogP contribution in [0.3, 0.4) is 0 Å². The Labute approximate surface area is 160 Å². The highest BCUT2D eigenvalue weighted by molar-refractivity contribution is 6.04. The fourth-order valence-electron chi connectivity index (χ4n) is 2.59. The topological polar surface area (TPSA) is 59.8 Å². The minimum absolute atomic E-state index is 0.0231. The van der Waals surface area contributed by atoms with E-state index in [-0.39, 0.29) is 10.5 Å². The number of aromatic nitrogens is 3. The van der Waals surface area contributed by atoms with E-state index in [4.69, 9.17) is 0 Å². The number of alkyl halides is 6. The summed E-state index contributed by atoms with van der Waals surface area (Å²) < 4.78 is 79.9. The van der Waals surface area contributed by atoms with Gasteiger partial charge in [-0.2, -0.15) is 31.4 Å². The molecule has 0 saturated heterocycles. The summed E-state index contributed by atoms with van der Waals surface area (Å²) in [6.07, 6.45) is -9.16. The van der Waals surface area contributed by atoms with Gasteiger partial charge in [0.2, 0.25) is 0 Å². The molecule has 1 N–H and O–H groups in total. The molecule has 0 aliphatic carbocycles. The Morgan fingerprint density at radius 1 is 1.00 bits per heavy atom. The van der Waals surface area contributed by atoms with Crippen LogP contribution in [-0.2, 0) is 12.4 Å². The summed E-state index contributed by atoms with van der Waals surface area (Å²) in [6.45, 7) is 1.63. The van der Waals surface area contributed by atoms with Crippen LogP contribution in [0.4, 0.5) is 32.2 Å². The summed E-state index contributed by atoms with van der Waals surface area (Å²) in [5.41, 5.74) is -3.45. The molecule has 152 valence electrons. The lowest BCUT2D eigenvalue weighted by Crippen LogP contribution is -2.21. The van der Waals surface area contributed by atoms with Crippen molar-refractivity contribution in [3.63, 3.8) is 0 Å². The number of hydrogen-bond donors (Lipinski definition) is 1. The first kappa shape index (κ1) is 20.4. The van der Waals surface area contributed by atoms with Crippen molar-refractivity contribution < 1.29 is 31.1 Å². The number of carbonyl (C=O) groups excluding carboxylic acids is 1. The van der Waals surface area contributed by atoms with Crippen molar-refractivity contribution in [2.75, 3.05) is 5.32 Å². The average molecular weight is 414 g/mol. The van der Waals surface area contributed by atoms with Crippen molar-refractivity contribution in [1.82, 2.24) is 14.8 Å². The maximum absolute atomic E-state index is 13.6. The molecule has 1 amide bonds. The van der Waals surface area contributed by atoms with E-state index in [1.54, 1.807) is 19.1 Å². The minimum atomic E-state index is -5.06. The highest BCUT2D eigenvalue weighted by atomic mass is 19.4. The van der Waals surface area contributed by atoms with Crippen LogP contribution < -0.4 is 5.32 Å². The number of nitrogens with one attached hydrogen (secondary N) is 1. The monoisotopic (exact) mass is 414 g/mol. The number of halogens is 6. The van der Waals surface area contributed by atoms with E-state index < -0.39 is 40.8 Å². The van der Waals surface area contributed by atoms with Crippen LogP contribution in [0.1, 0.15) is 27.3 Å². The first-order valence-corrected chi connectivity index (χ1v) is 8.04. The van der Waals surface area contributed by atoms with Crippen LogP contribution in [0.25, 0.3) is 5.69 Å². The first-order chi connectivity index (χ1) is 13.5. The predicted molar refractivity (Wildman–Crippen MR) is 90.5 cm³/mol. The number of aryl methyl sites for hydroxylation is 1. The van der Waals surface area contributed by atoms with Gasteiger partial charge in [-0.3, -0.25) is 4.79 Å². The summed E-state index contributed by atoms with van der Waals surface area (Å²) in [5, 5.41) is 5.73. The van der Waals surface area contributed by atoms with E-state index in [9.17, 15) is 31.1 Å². The number of hydrogen-bond acceptors (Lipinski definition) is 3. The third-order valence-corrected chi connectivity index (χ3v) is 3.83. The van der Waals surface area contributed by atoms with Crippen molar-refractivity contribution >= 4 is 11.7 Å². The summed E-state index contributed by atoms with van der Waals surface area (Å²) in [6, 6.07) is 7.79. The zero-order valence-electron chi connectivity index (χ0n) is 14.6. The van der Waals surface area contributed by atoms with Gasteiger partial charge in [-0.05, 0) is 37.3 Å². The fourth-order valence-corrected chi connectivity index (χ4v) is 2.59. The molecule has 3 aromatic rings. The number of rotatable bonds is 3. The zero-order valence-corrected chi connectivity index (χ0v) is 14.6. The van der Waals surface area contributed by atoms with E-state index in [2.05, 4.69) is 15.4 Å². The van der Waals surface area contributed by atoms with Gasteiger partial charge in [-0.25, -0.2) is 9.67 Å². The maximum Gasteiger partial charge on any atom is 0.434 e. The Morgan fingerprint density at radius 2 is 1.69 bits per heavy atom. The second kappa shape index (κ2) is 7.22. The number of nitrogens with zero attached hydrogens (tertiary/aromatic N) is 3. The molecule has 3 rings (SSSR count). The summed E-state index contributed by atoms with van der Waals surface area (Å²) in [4.78, 5) is 16.3. The number of pyridine rings is 1. The fraction of sp³-hybridized carbons (Fsp3) is 0.167. The van der Waals surface area contributed by atoms with Gasteiger partial charge in [-0.15, -0.1) is 0 Å². The lowest BCUT2D eigenvalue weighted by atomic mass is 10.1. The van der Waals surface area contributed by atoms with Crippen LogP contribution >= 0.6 is 0 Å². The number of anilines is 1. The maximum atomic E-state index is 13.6. The van der Waals surface area contributed by atoms with Gasteiger partial charge in [0.25, 0.3) is 5.91 Å². The highest BCUT2D eigenvalue weighted by Gasteiger charge is 2.41. The Kier molecular flexibility index (Phi) is 5.07. The van der Waals surface area contributed by atoms with E-state index in [0.29, 0.717) is 18.0 Å². The largest absolute Gasteiger partial charge is 0.434 e. The third-order valence-electron chi connectivity index (χ3n) is 3.83. The van der Waals surface area contributed by atoms with Gasteiger partial charge in [0, 0.05) is 5.69 Å². The van der Waals surface area contributed by atoms with Gasteiger partial charge >= 0.3 is 12.4 Å². The zero-order chi connectivity index (χ0) is 21.4. The molecule has 29 heavy (non-hydrogen) atoms. The van der Waals surface area contributed by atoms with Crippen molar-refractivity contribution in [3.8, 4) is 5.69 Å². The Bertz CT molecular complexity index is 1050. The SMILES string of the molecule is Cc1cccc(NC(=O)c2cnn(-c3cccc(C(F)(F)F)c3)c2C(F)(F)F)n1. The molecule has 0 spiro atoms. The van der Waals surface area contributed by atoms with Gasteiger partial charge < -0.3 is 5.32 Å². The summed E-state index contributed by atoms with van der Waals surface area (Å²) in [7, 11) is 0. The lowest BCUT2D eigenvalue weighted by molar-refractivity contribution is -0.143. The van der Waals surface area contributed by atoms with Crippen molar-refractivity contribution in [3.05, 3.63) is 71.2 Å². The van der Waals surface area contributed by atoms with Crippen LogP contribution in [0, 0.1) is 6.92 Å². The molecule has 2 heterocycles. The van der Waals surface area contributed by atoms with Crippen molar-refractivity contribution in [2.45, 2.75) is 19.3 Å². The molecular weight excluding hydrogens is 402 g/mol. The second-order valence-corrected chi connectivity index (χ2v) is 5.98. The molecule has 0 bridgehead atoms. The molecule has 0 radical (unpaired) electrons. The molecule has 0 unspecified atom stereocenters. The molecular formula is C18H12F6N4O. The number of amides is 1. The molecule has 0 saturated carbocycles. The molecule has 0 atom stereocenters. The molecule has 0 fully saturated rings. The van der Waals surface area contributed by atoms with Crippen molar-refractivity contribution in [1.29, 1.82) is 0 Å². The Balaban J connectivity index is 2.05. The second-order valence-electron chi connectivity index (χ2n) is 5.98. The number of carbonyl (C=O) groups is 1. The highest BCUT2D eigenvalue weighted by Crippen LogP contribution is 2.35. The standard InChI is InChI=1S/C18H12F6N4O/c1-10-4-2-7-14(26-10)27-16(29)13-9-25-28(15(13)18(22,23)24)12-6-3-5-11(8-12)17(19,20)21/h2-9H,1H3,(H,26,27,29). The van der Waals surface area contributed by atoms with Gasteiger partial charge in [0.15, 0.2) is 5.69 Å². The minimum Gasteiger partial charge on any atom is -0.306 e. The van der Waals surface area contributed by atoms with E-state index in [1.807, 2.05) is 0 Å². The predicted octanol–water partition coefficient (Wildman–Crippen LogP) is 4.87. The molecule has 0 aliphatic rings. The molecule has 1 aromatic carbocycles. The quantitative estimate of drug-likeness (QED) is 0.623. The third kappa shape index (κ3) is 4.39. The van der Waals surface area contributed by atoms with E-state index >= 15 is 0 Å². The molecule has 2 aromatic heterocycles. The van der Waals surface area contributed by atoms with E-state index in [1.165, 1.54) is 6.07 Å². The van der Waals surface area contributed by atoms with Gasteiger partial charge in [0.05, 0.1) is 23.0 Å². The van der Waals surface area contributed by atoms with Gasteiger partial charge in [0.1, 0.15) is 5.82 Å². The number of benzene rings is 1. The summed E-state index contributed by atoms with van der Waals surface area (Å²) >= 11 is 0. The van der Waals surface area contributed by atoms with Crippen LogP contribution in [0.15, 0.2) is 48.7 Å². The van der Waals surface area contributed by atoms with Crippen molar-refractivity contribution in [2.24, 2.45) is 0 Å². The Hall–Kier alpha value is -3.37. The lowest BCUT2D eigenvalue weighted by Gasteiger charge is -2.14. The average Bonchev–Trinajstić information content (AvgIpc) is 3.07. The normalized spacial score (nSPS) is 12.1. The molecule has 11 heteroatoms. The van der Waals surface area contributed by atoms with Crippen LogP contribution in [0.2, 0.25) is 0 Å². The first-order valence-electron chi connectivity index (χ1n) is 8.04. The van der Waals surface area contributed by atoms with E-state index in [0.717, 1.165) is 18.2 Å². The van der Waals surface area contributed by atoms with Gasteiger partial charge in [-0.1, -0.05) is 12.1 Å². The smallest absolute Gasteiger partial charge is 0.306 e. The van der Waals surface area contributed by atoms with Crippen LogP contribution in [0.5, 0.6) is 0 Å². The molecule has 0 aliphatic heterocycles. The van der Waals surface area contributed by atoms with Crippen LogP contribution in [-0.4, -0.2) is 20.7 Å².